The Bertz CT molecular complexity index is 716. The lowest BCUT2D eigenvalue weighted by Gasteiger charge is -2.16. The third kappa shape index (κ3) is 5.18. The number of phenolic OH excluding ortho intramolecular Hbond substituents is 1. The van der Waals surface area contributed by atoms with Gasteiger partial charge in [-0.1, -0.05) is 18.2 Å². The fourth-order valence-corrected chi connectivity index (χ4v) is 3.50. The van der Waals surface area contributed by atoms with E-state index in [1.165, 1.54) is 36.4 Å². The first-order valence-electron chi connectivity index (χ1n) is 5.86. The highest BCUT2D eigenvalue weighted by Crippen LogP contribution is 2.59. The summed E-state index contributed by atoms with van der Waals surface area (Å²) in [5.74, 6) is -0.234. The van der Waals surface area contributed by atoms with Gasteiger partial charge in [-0.05, 0) is 36.4 Å². The lowest BCUT2D eigenvalue weighted by molar-refractivity contribution is 0.234. The third-order valence-electron chi connectivity index (χ3n) is 2.23. The van der Waals surface area contributed by atoms with Crippen molar-refractivity contribution >= 4 is 15.6 Å². The molecular weight excluding hydrogens is 334 g/mol. The normalized spacial score (nSPS) is 16.3. The zero-order valence-corrected chi connectivity index (χ0v) is 12.8. The van der Waals surface area contributed by atoms with E-state index < -0.39 is 15.6 Å². The topological polar surface area (TPSA) is 123 Å². The SMILES string of the molecule is O=P(O)(Oc1ccccc1)OP(=O)(O)Oc1ccc(O)cc1. The van der Waals surface area contributed by atoms with Gasteiger partial charge >= 0.3 is 15.6 Å². The lowest BCUT2D eigenvalue weighted by Crippen LogP contribution is -2.00. The Morgan fingerprint density at radius 3 is 1.68 bits per heavy atom. The van der Waals surface area contributed by atoms with Gasteiger partial charge in [-0.2, -0.15) is 4.31 Å². The number of benzene rings is 2. The maximum Gasteiger partial charge on any atom is 0.537 e. The van der Waals surface area contributed by atoms with E-state index in [4.69, 9.17) is 5.11 Å². The van der Waals surface area contributed by atoms with Crippen LogP contribution >= 0.6 is 15.6 Å². The fourth-order valence-electron chi connectivity index (χ4n) is 1.42. The molecule has 0 aliphatic carbocycles. The van der Waals surface area contributed by atoms with Crippen LogP contribution in [0.1, 0.15) is 0 Å². The third-order valence-corrected chi connectivity index (χ3v) is 4.76. The molecule has 0 saturated heterocycles. The van der Waals surface area contributed by atoms with E-state index in [9.17, 15) is 18.9 Å². The first-order chi connectivity index (χ1) is 10.3. The molecule has 2 unspecified atom stereocenters. The molecule has 118 valence electrons. The molecular formula is C12H12O8P2. The van der Waals surface area contributed by atoms with Crippen LogP contribution in [0.15, 0.2) is 54.6 Å². The quantitative estimate of drug-likeness (QED) is 0.682. The van der Waals surface area contributed by atoms with Gasteiger partial charge in [0.15, 0.2) is 0 Å². The summed E-state index contributed by atoms with van der Waals surface area (Å²) >= 11 is 0. The Labute approximate surface area is 125 Å². The minimum Gasteiger partial charge on any atom is -0.508 e. The number of para-hydroxylation sites is 1. The summed E-state index contributed by atoms with van der Waals surface area (Å²) in [7, 11) is -9.78. The highest BCUT2D eigenvalue weighted by Gasteiger charge is 2.37. The fraction of sp³-hybridized carbons (Fsp3) is 0. The summed E-state index contributed by atoms with van der Waals surface area (Å²) in [5.41, 5.74) is 0. The van der Waals surface area contributed by atoms with Gasteiger partial charge in [0.2, 0.25) is 0 Å². The lowest BCUT2D eigenvalue weighted by atomic mass is 10.3. The molecule has 2 rings (SSSR count). The van der Waals surface area contributed by atoms with Crippen LogP contribution in [-0.4, -0.2) is 14.9 Å². The molecule has 0 amide bonds. The molecule has 0 heterocycles. The van der Waals surface area contributed by atoms with Crippen LogP contribution in [0.4, 0.5) is 0 Å². The second-order valence-electron chi connectivity index (χ2n) is 4.01. The van der Waals surface area contributed by atoms with Crippen LogP contribution in [0.3, 0.4) is 0 Å². The Morgan fingerprint density at radius 2 is 1.18 bits per heavy atom. The van der Waals surface area contributed by atoms with Crippen molar-refractivity contribution in [2.45, 2.75) is 0 Å². The predicted octanol–water partition coefficient (Wildman–Crippen LogP) is 3.07. The molecule has 22 heavy (non-hydrogen) atoms. The summed E-state index contributed by atoms with van der Waals surface area (Å²) < 4.78 is 36.8. The zero-order chi connectivity index (χ0) is 16.2. The van der Waals surface area contributed by atoms with E-state index in [0.717, 1.165) is 0 Å². The molecule has 8 nitrogen and oxygen atoms in total. The van der Waals surface area contributed by atoms with Crippen molar-refractivity contribution in [1.29, 1.82) is 0 Å². The summed E-state index contributed by atoms with van der Waals surface area (Å²) in [6, 6.07) is 12.2. The average Bonchev–Trinajstić information content (AvgIpc) is 2.40. The largest absolute Gasteiger partial charge is 0.537 e. The Balaban J connectivity index is 2.05. The van der Waals surface area contributed by atoms with Crippen LogP contribution in [-0.2, 0) is 13.4 Å². The molecule has 0 fully saturated rings. The average molecular weight is 346 g/mol. The van der Waals surface area contributed by atoms with Gasteiger partial charge in [-0.25, -0.2) is 9.13 Å². The Hall–Kier alpha value is -1.82. The first kappa shape index (κ1) is 16.5. The second-order valence-corrected chi connectivity index (χ2v) is 6.90. The molecule has 0 aliphatic heterocycles. The number of hydrogen-bond donors (Lipinski definition) is 3. The molecule has 2 atom stereocenters. The van der Waals surface area contributed by atoms with Gasteiger partial charge in [-0.15, -0.1) is 0 Å². The van der Waals surface area contributed by atoms with E-state index >= 15 is 0 Å². The molecule has 0 saturated carbocycles. The van der Waals surface area contributed by atoms with Crippen LogP contribution < -0.4 is 9.05 Å². The van der Waals surface area contributed by atoms with Crippen molar-refractivity contribution < 1.29 is 37.4 Å². The van der Waals surface area contributed by atoms with E-state index in [-0.39, 0.29) is 17.2 Å². The van der Waals surface area contributed by atoms with Crippen molar-refractivity contribution in [3.8, 4) is 17.2 Å². The van der Waals surface area contributed by atoms with Gasteiger partial charge in [0, 0.05) is 0 Å². The van der Waals surface area contributed by atoms with E-state index in [2.05, 4.69) is 13.4 Å². The summed E-state index contributed by atoms with van der Waals surface area (Å²) in [4.78, 5) is 19.0. The maximum atomic E-state index is 11.7. The van der Waals surface area contributed by atoms with Crippen molar-refractivity contribution in [3.05, 3.63) is 54.6 Å². The molecule has 2 aromatic rings. The highest BCUT2D eigenvalue weighted by molar-refractivity contribution is 7.61. The zero-order valence-electron chi connectivity index (χ0n) is 11.0. The number of aromatic hydroxyl groups is 1. The number of phosphoric ester groups is 2. The van der Waals surface area contributed by atoms with E-state index in [0.29, 0.717) is 0 Å². The Kier molecular flexibility index (Phi) is 4.90. The molecule has 10 heteroatoms. The second kappa shape index (κ2) is 6.52. The minimum atomic E-state index is -4.91. The van der Waals surface area contributed by atoms with Crippen LogP contribution in [0.2, 0.25) is 0 Å². The van der Waals surface area contributed by atoms with Crippen molar-refractivity contribution in [2.24, 2.45) is 0 Å². The number of rotatable bonds is 6. The van der Waals surface area contributed by atoms with Crippen molar-refractivity contribution in [3.63, 3.8) is 0 Å². The van der Waals surface area contributed by atoms with Gasteiger partial charge in [0.25, 0.3) is 0 Å². The summed E-state index contributed by atoms with van der Waals surface area (Å²) in [6.45, 7) is 0. The predicted molar refractivity (Wildman–Crippen MR) is 76.5 cm³/mol. The van der Waals surface area contributed by atoms with Crippen LogP contribution in [0.25, 0.3) is 0 Å². The van der Waals surface area contributed by atoms with Crippen molar-refractivity contribution in [2.75, 3.05) is 0 Å². The van der Waals surface area contributed by atoms with Crippen LogP contribution in [0.5, 0.6) is 17.2 Å². The monoisotopic (exact) mass is 346 g/mol. The molecule has 0 aliphatic rings. The number of phenols is 1. The van der Waals surface area contributed by atoms with Gasteiger partial charge in [0.05, 0.1) is 0 Å². The molecule has 0 spiro atoms. The summed E-state index contributed by atoms with van der Waals surface area (Å²) in [6.07, 6.45) is 0. The van der Waals surface area contributed by atoms with E-state index in [1.807, 2.05) is 0 Å². The smallest absolute Gasteiger partial charge is 0.508 e. The van der Waals surface area contributed by atoms with Crippen LogP contribution in [0, 0.1) is 0 Å². The van der Waals surface area contributed by atoms with Gasteiger partial charge in [-0.3, -0.25) is 9.79 Å². The van der Waals surface area contributed by atoms with Crippen molar-refractivity contribution in [1.82, 2.24) is 0 Å². The number of phosphoric acid groups is 2. The number of hydrogen-bond acceptors (Lipinski definition) is 6. The van der Waals surface area contributed by atoms with E-state index in [1.54, 1.807) is 18.2 Å². The van der Waals surface area contributed by atoms with Gasteiger partial charge < -0.3 is 14.2 Å². The Morgan fingerprint density at radius 1 is 0.727 bits per heavy atom. The molecule has 2 aromatic carbocycles. The van der Waals surface area contributed by atoms with Gasteiger partial charge in [0.1, 0.15) is 17.2 Å². The molecule has 0 aromatic heterocycles. The molecule has 3 N–H and O–H groups in total. The maximum absolute atomic E-state index is 11.7. The standard InChI is InChI=1S/C12H12O8P2/c13-10-6-8-12(9-7-10)19-22(16,17)20-21(14,15)18-11-4-2-1-3-5-11/h1-9,13H,(H,14,15)(H,16,17). The molecule has 0 bridgehead atoms. The first-order valence-corrected chi connectivity index (χ1v) is 8.85. The highest BCUT2D eigenvalue weighted by atomic mass is 31.3. The minimum absolute atomic E-state index is 0.0158. The summed E-state index contributed by atoms with van der Waals surface area (Å²) in [5, 5.41) is 9.08. The molecule has 0 radical (unpaired) electrons.